The standard InChI is InChI=1S/C9H15N3O2S/c1-6(2)10-9-11-8(12-14-9)7-5-15-4-3-13-7/h6-7H,3-5H2,1-2H3,(H,10,11,12). The van der Waals surface area contributed by atoms with Crippen molar-refractivity contribution < 1.29 is 9.26 Å². The van der Waals surface area contributed by atoms with Crippen molar-refractivity contribution in [3.63, 3.8) is 0 Å². The molecule has 5 nitrogen and oxygen atoms in total. The first-order valence-corrected chi connectivity index (χ1v) is 6.20. The lowest BCUT2D eigenvalue weighted by atomic mass is 10.4. The largest absolute Gasteiger partial charge is 0.368 e. The highest BCUT2D eigenvalue weighted by Crippen LogP contribution is 2.25. The molecule has 1 aliphatic heterocycles. The summed E-state index contributed by atoms with van der Waals surface area (Å²) in [6.07, 6.45) is -0.0183. The van der Waals surface area contributed by atoms with Crippen molar-refractivity contribution in [2.24, 2.45) is 0 Å². The summed E-state index contributed by atoms with van der Waals surface area (Å²) in [5, 5.41) is 6.97. The van der Waals surface area contributed by atoms with Crippen LogP contribution >= 0.6 is 11.8 Å². The first-order chi connectivity index (χ1) is 7.25. The lowest BCUT2D eigenvalue weighted by Gasteiger charge is -2.18. The molecule has 1 N–H and O–H groups in total. The molecule has 6 heteroatoms. The molecule has 0 aromatic carbocycles. The maximum Gasteiger partial charge on any atom is 0.321 e. The van der Waals surface area contributed by atoms with E-state index in [4.69, 9.17) is 9.26 Å². The van der Waals surface area contributed by atoms with Crippen molar-refractivity contribution in [2.75, 3.05) is 23.4 Å². The molecule has 1 aliphatic rings. The van der Waals surface area contributed by atoms with Crippen LogP contribution in [0.2, 0.25) is 0 Å². The number of rotatable bonds is 3. The molecule has 0 radical (unpaired) electrons. The van der Waals surface area contributed by atoms with E-state index in [0.29, 0.717) is 17.9 Å². The van der Waals surface area contributed by atoms with E-state index in [2.05, 4.69) is 15.5 Å². The second-order valence-corrected chi connectivity index (χ2v) is 4.84. The van der Waals surface area contributed by atoms with Crippen LogP contribution in [0, 0.1) is 0 Å². The van der Waals surface area contributed by atoms with Crippen molar-refractivity contribution in [1.82, 2.24) is 10.1 Å². The van der Waals surface area contributed by atoms with E-state index in [1.807, 2.05) is 25.6 Å². The molecule has 15 heavy (non-hydrogen) atoms. The van der Waals surface area contributed by atoms with Gasteiger partial charge < -0.3 is 14.6 Å². The summed E-state index contributed by atoms with van der Waals surface area (Å²) in [5.74, 6) is 2.59. The number of anilines is 1. The molecular formula is C9H15N3O2S. The van der Waals surface area contributed by atoms with Crippen LogP contribution in [0.3, 0.4) is 0 Å². The lowest BCUT2D eigenvalue weighted by molar-refractivity contribution is 0.0677. The molecule has 1 fully saturated rings. The Morgan fingerprint density at radius 2 is 2.40 bits per heavy atom. The van der Waals surface area contributed by atoms with E-state index in [0.717, 1.165) is 18.1 Å². The van der Waals surface area contributed by atoms with E-state index in [1.165, 1.54) is 0 Å². The van der Waals surface area contributed by atoms with Crippen molar-refractivity contribution >= 4 is 17.8 Å². The smallest absolute Gasteiger partial charge is 0.321 e. The molecular weight excluding hydrogens is 214 g/mol. The Morgan fingerprint density at radius 1 is 1.53 bits per heavy atom. The molecule has 2 rings (SSSR count). The second-order valence-electron chi connectivity index (χ2n) is 3.69. The number of aromatic nitrogens is 2. The number of hydrogen-bond acceptors (Lipinski definition) is 6. The second kappa shape index (κ2) is 4.85. The molecule has 2 heterocycles. The van der Waals surface area contributed by atoms with Gasteiger partial charge in [-0.15, -0.1) is 0 Å². The normalized spacial score (nSPS) is 21.9. The van der Waals surface area contributed by atoms with E-state index in [-0.39, 0.29) is 6.10 Å². The van der Waals surface area contributed by atoms with Gasteiger partial charge in [-0.1, -0.05) is 5.16 Å². The Labute approximate surface area is 93.0 Å². The van der Waals surface area contributed by atoms with Crippen molar-refractivity contribution in [1.29, 1.82) is 0 Å². The Morgan fingerprint density at radius 3 is 3.07 bits per heavy atom. The first-order valence-electron chi connectivity index (χ1n) is 5.05. The minimum atomic E-state index is -0.0183. The zero-order valence-electron chi connectivity index (χ0n) is 8.90. The number of thioether (sulfide) groups is 1. The van der Waals surface area contributed by atoms with Crippen molar-refractivity contribution in [3.8, 4) is 0 Å². The molecule has 0 saturated carbocycles. The molecule has 1 saturated heterocycles. The lowest BCUT2D eigenvalue weighted by Crippen LogP contribution is -2.17. The van der Waals surface area contributed by atoms with Gasteiger partial charge in [0.25, 0.3) is 0 Å². The molecule has 0 amide bonds. The number of nitrogens with one attached hydrogen (secondary N) is 1. The Hall–Kier alpha value is -0.750. The van der Waals surface area contributed by atoms with Gasteiger partial charge >= 0.3 is 6.01 Å². The average Bonchev–Trinajstić information content (AvgIpc) is 2.67. The fourth-order valence-corrected chi connectivity index (χ4v) is 2.15. The number of hydrogen-bond donors (Lipinski definition) is 1. The predicted molar refractivity (Wildman–Crippen MR) is 59.1 cm³/mol. The highest BCUT2D eigenvalue weighted by atomic mass is 32.2. The summed E-state index contributed by atoms with van der Waals surface area (Å²) in [6.45, 7) is 4.81. The van der Waals surface area contributed by atoms with Crippen LogP contribution in [0.15, 0.2) is 4.52 Å². The fraction of sp³-hybridized carbons (Fsp3) is 0.778. The molecule has 0 spiro atoms. The van der Waals surface area contributed by atoms with E-state index < -0.39 is 0 Å². The Kier molecular flexibility index (Phi) is 3.48. The van der Waals surface area contributed by atoms with Gasteiger partial charge in [0, 0.05) is 17.5 Å². The third kappa shape index (κ3) is 2.85. The molecule has 0 aliphatic carbocycles. The maximum atomic E-state index is 5.55. The van der Waals surface area contributed by atoms with Gasteiger partial charge in [-0.2, -0.15) is 16.7 Å². The molecule has 1 unspecified atom stereocenters. The Balaban J connectivity index is 1.99. The SMILES string of the molecule is CC(C)Nc1nc(C2CSCCO2)no1. The Bertz CT molecular complexity index is 310. The summed E-state index contributed by atoms with van der Waals surface area (Å²) in [4.78, 5) is 4.25. The molecule has 1 atom stereocenters. The molecule has 84 valence electrons. The quantitative estimate of drug-likeness (QED) is 0.851. The maximum absolute atomic E-state index is 5.55. The van der Waals surface area contributed by atoms with E-state index >= 15 is 0 Å². The van der Waals surface area contributed by atoms with Crippen molar-refractivity contribution in [3.05, 3.63) is 5.82 Å². The minimum Gasteiger partial charge on any atom is -0.368 e. The third-order valence-electron chi connectivity index (χ3n) is 1.96. The molecule has 1 aromatic heterocycles. The van der Waals surface area contributed by atoms with Gasteiger partial charge in [0.1, 0.15) is 6.10 Å². The van der Waals surface area contributed by atoms with Crippen LogP contribution in [0.25, 0.3) is 0 Å². The highest BCUT2D eigenvalue weighted by molar-refractivity contribution is 7.99. The van der Waals surface area contributed by atoms with Crippen molar-refractivity contribution in [2.45, 2.75) is 26.0 Å². The number of ether oxygens (including phenoxy) is 1. The summed E-state index contributed by atoms with van der Waals surface area (Å²) >= 11 is 1.85. The van der Waals surface area contributed by atoms with Crippen LogP contribution < -0.4 is 5.32 Å². The summed E-state index contributed by atoms with van der Waals surface area (Å²) < 4.78 is 10.6. The van der Waals surface area contributed by atoms with Crippen LogP contribution in [-0.2, 0) is 4.74 Å². The van der Waals surface area contributed by atoms with Crippen LogP contribution in [0.4, 0.5) is 6.01 Å². The highest BCUT2D eigenvalue weighted by Gasteiger charge is 2.22. The minimum absolute atomic E-state index is 0.0183. The summed E-state index contributed by atoms with van der Waals surface area (Å²) in [6, 6.07) is 0.763. The van der Waals surface area contributed by atoms with Crippen LogP contribution in [-0.4, -0.2) is 34.3 Å². The zero-order valence-corrected chi connectivity index (χ0v) is 9.71. The average molecular weight is 229 g/mol. The van der Waals surface area contributed by atoms with Crippen LogP contribution in [0.5, 0.6) is 0 Å². The first kappa shape index (κ1) is 10.8. The van der Waals surface area contributed by atoms with Gasteiger partial charge in [0.2, 0.25) is 5.82 Å². The van der Waals surface area contributed by atoms with Gasteiger partial charge in [-0.25, -0.2) is 0 Å². The monoisotopic (exact) mass is 229 g/mol. The van der Waals surface area contributed by atoms with E-state index in [1.54, 1.807) is 0 Å². The fourth-order valence-electron chi connectivity index (χ4n) is 1.31. The predicted octanol–water partition coefficient (Wildman–Crippen LogP) is 1.69. The van der Waals surface area contributed by atoms with Gasteiger partial charge in [0.05, 0.1) is 6.61 Å². The zero-order chi connectivity index (χ0) is 10.7. The van der Waals surface area contributed by atoms with Crippen LogP contribution in [0.1, 0.15) is 25.8 Å². The molecule has 0 bridgehead atoms. The molecule has 1 aromatic rings. The van der Waals surface area contributed by atoms with Gasteiger partial charge in [-0.3, -0.25) is 0 Å². The topological polar surface area (TPSA) is 60.2 Å². The van der Waals surface area contributed by atoms with E-state index in [9.17, 15) is 0 Å². The van der Waals surface area contributed by atoms with Gasteiger partial charge in [-0.05, 0) is 13.8 Å². The van der Waals surface area contributed by atoms with Gasteiger partial charge in [0.15, 0.2) is 0 Å². The third-order valence-corrected chi connectivity index (χ3v) is 2.95. The number of nitrogens with zero attached hydrogens (tertiary/aromatic N) is 2. The summed E-state index contributed by atoms with van der Waals surface area (Å²) in [7, 11) is 0. The summed E-state index contributed by atoms with van der Waals surface area (Å²) in [5.41, 5.74) is 0.